The number of aliphatic carboxylic acids is 1. The zero-order valence-corrected chi connectivity index (χ0v) is 6.99. The first kappa shape index (κ1) is 12.8. The van der Waals surface area contributed by atoms with Gasteiger partial charge in [0.1, 0.15) is 0 Å². The average molecular weight is 180 g/mol. The number of aliphatic hydroxyl groups is 1. The average Bonchev–Trinajstić information content (AvgIpc) is 1.62. The molecule has 0 fully saturated rings. The van der Waals surface area contributed by atoms with Gasteiger partial charge in [-0.3, -0.25) is 4.55 Å². The van der Waals surface area contributed by atoms with Crippen molar-refractivity contribution in [2.75, 3.05) is 0 Å². The minimum absolute atomic E-state index is 0. The van der Waals surface area contributed by atoms with E-state index in [2.05, 4.69) is 0 Å². The Kier molecular flexibility index (Phi) is 5.21. The van der Waals surface area contributed by atoms with Crippen LogP contribution in [-0.4, -0.2) is 57.6 Å². The topological polar surface area (TPSA) is 112 Å². The fourth-order valence-corrected chi connectivity index (χ4v) is 0.382. The minimum atomic E-state index is -4.85. The summed E-state index contributed by atoms with van der Waals surface area (Å²) in [7, 11) is -4.85. The van der Waals surface area contributed by atoms with Crippen LogP contribution in [0.5, 0.6) is 0 Å². The van der Waals surface area contributed by atoms with Crippen molar-refractivity contribution in [3.8, 4) is 0 Å². The van der Waals surface area contributed by atoms with Crippen molar-refractivity contribution in [3.63, 3.8) is 0 Å². The molecule has 0 spiro atoms. The lowest BCUT2D eigenvalue weighted by Gasteiger charge is -1.97. The predicted molar refractivity (Wildman–Crippen MR) is 30.9 cm³/mol. The van der Waals surface area contributed by atoms with E-state index < -0.39 is 21.5 Å². The summed E-state index contributed by atoms with van der Waals surface area (Å²) in [5, 5.41) is 15.8. The molecule has 1 atom stereocenters. The molecule has 8 heteroatoms. The fourth-order valence-electron chi connectivity index (χ4n) is 0.127. The van der Waals surface area contributed by atoms with Gasteiger partial charge in [-0.1, -0.05) is 0 Å². The first-order valence-corrected chi connectivity index (χ1v) is 3.23. The highest BCUT2D eigenvalue weighted by atomic mass is 32.2. The van der Waals surface area contributed by atoms with Crippen LogP contribution >= 0.6 is 0 Å². The summed E-state index contributed by atoms with van der Waals surface area (Å²) in [6.07, 6.45) is 0. The molecular weight excluding hydrogens is 176 g/mol. The maximum absolute atomic E-state index is 9.70. The van der Waals surface area contributed by atoms with Gasteiger partial charge in [-0.15, -0.1) is 0 Å². The third-order valence-corrected chi connectivity index (χ3v) is 1.26. The van der Waals surface area contributed by atoms with Crippen molar-refractivity contribution in [2.45, 2.75) is 5.44 Å². The predicted octanol–water partition coefficient (Wildman–Crippen LogP) is -2.10. The van der Waals surface area contributed by atoms with Crippen molar-refractivity contribution >= 4 is 39.1 Å². The Morgan fingerprint density at radius 3 is 1.70 bits per heavy atom. The van der Waals surface area contributed by atoms with E-state index in [0.29, 0.717) is 0 Å². The molecule has 3 N–H and O–H groups in total. The van der Waals surface area contributed by atoms with E-state index in [4.69, 9.17) is 14.8 Å². The Morgan fingerprint density at radius 1 is 1.40 bits per heavy atom. The van der Waals surface area contributed by atoms with Crippen LogP contribution in [0.2, 0.25) is 0 Å². The molecule has 0 aliphatic carbocycles. The normalized spacial score (nSPS) is 13.4. The third kappa shape index (κ3) is 4.01. The van der Waals surface area contributed by atoms with E-state index in [1.807, 2.05) is 0 Å². The molecule has 0 bridgehead atoms. The van der Waals surface area contributed by atoms with Gasteiger partial charge in [-0.25, -0.2) is 4.79 Å². The van der Waals surface area contributed by atoms with Crippen LogP contribution in [0.15, 0.2) is 0 Å². The Morgan fingerprint density at radius 2 is 1.70 bits per heavy atom. The van der Waals surface area contributed by atoms with Crippen LogP contribution in [0.25, 0.3) is 0 Å². The van der Waals surface area contributed by atoms with Gasteiger partial charge in [0.05, 0.1) is 0 Å². The molecule has 0 saturated heterocycles. The number of aliphatic hydroxyl groups excluding tert-OH is 1. The maximum Gasteiger partial charge on any atom is 0.351 e. The highest BCUT2D eigenvalue weighted by molar-refractivity contribution is 7.87. The molecule has 1 unspecified atom stereocenters. The van der Waals surface area contributed by atoms with Crippen LogP contribution in [-0.2, 0) is 14.9 Å². The Labute approximate surface area is 72.8 Å². The van der Waals surface area contributed by atoms with E-state index in [1.165, 1.54) is 0 Å². The number of carboxylic acid groups (broad SMARTS) is 1. The second kappa shape index (κ2) is 4.08. The standard InChI is InChI=1S/C2H4O6S.Mg/c3-1(4)2(5)9(6,7)8;/h2,5H,(H,3,4)(H,6,7,8);. The first-order chi connectivity index (χ1) is 3.85. The molecule has 56 valence electrons. The van der Waals surface area contributed by atoms with Gasteiger partial charge in [0.15, 0.2) is 0 Å². The lowest BCUT2D eigenvalue weighted by molar-refractivity contribution is -0.142. The molecule has 2 radical (unpaired) electrons. The molecule has 0 heterocycles. The van der Waals surface area contributed by atoms with Gasteiger partial charge >= 0.3 is 16.1 Å². The summed E-state index contributed by atoms with van der Waals surface area (Å²) in [4.78, 5) is 9.56. The van der Waals surface area contributed by atoms with Gasteiger partial charge in [-0.2, -0.15) is 8.42 Å². The van der Waals surface area contributed by atoms with Crippen molar-refractivity contribution in [1.29, 1.82) is 0 Å². The highest BCUT2D eigenvalue weighted by Gasteiger charge is 2.27. The van der Waals surface area contributed by atoms with Crippen LogP contribution < -0.4 is 0 Å². The Bertz CT molecular complexity index is 206. The van der Waals surface area contributed by atoms with E-state index in [1.54, 1.807) is 0 Å². The first-order valence-electron chi connectivity index (χ1n) is 1.73. The molecule has 6 nitrogen and oxygen atoms in total. The highest BCUT2D eigenvalue weighted by Crippen LogP contribution is 1.91. The summed E-state index contributed by atoms with van der Waals surface area (Å²) in [5.74, 6) is -2.00. The molecule has 0 aromatic carbocycles. The largest absolute Gasteiger partial charge is 0.478 e. The SMILES string of the molecule is O=C(O)C(O)S(=O)(=O)O.[Mg]. The van der Waals surface area contributed by atoms with Crippen molar-refractivity contribution in [1.82, 2.24) is 0 Å². The van der Waals surface area contributed by atoms with Crippen molar-refractivity contribution in [3.05, 3.63) is 0 Å². The summed E-state index contributed by atoms with van der Waals surface area (Å²) in [6, 6.07) is 0. The van der Waals surface area contributed by atoms with E-state index >= 15 is 0 Å². The van der Waals surface area contributed by atoms with Crippen LogP contribution in [0.1, 0.15) is 0 Å². The Balaban J connectivity index is 0. The number of rotatable bonds is 2. The summed E-state index contributed by atoms with van der Waals surface area (Å²) in [6.45, 7) is 0. The van der Waals surface area contributed by atoms with Gasteiger partial charge in [0.25, 0.3) is 5.44 Å². The zero-order valence-electron chi connectivity index (χ0n) is 4.76. The summed E-state index contributed by atoms with van der Waals surface area (Å²) >= 11 is 0. The monoisotopic (exact) mass is 180 g/mol. The summed E-state index contributed by atoms with van der Waals surface area (Å²) in [5.41, 5.74) is -2.74. The molecule has 0 aliphatic heterocycles. The lowest BCUT2D eigenvalue weighted by Crippen LogP contribution is -2.28. The molecule has 0 aromatic rings. The molecule has 10 heavy (non-hydrogen) atoms. The van der Waals surface area contributed by atoms with E-state index in [9.17, 15) is 13.2 Å². The molecule has 0 aliphatic rings. The van der Waals surface area contributed by atoms with Crippen molar-refractivity contribution in [2.24, 2.45) is 0 Å². The second-order valence-electron chi connectivity index (χ2n) is 1.21. The lowest BCUT2D eigenvalue weighted by atomic mass is 10.7. The van der Waals surface area contributed by atoms with E-state index in [0.717, 1.165) is 0 Å². The maximum atomic E-state index is 9.70. The van der Waals surface area contributed by atoms with Crippen LogP contribution in [0.3, 0.4) is 0 Å². The molecule has 0 amide bonds. The summed E-state index contributed by atoms with van der Waals surface area (Å²) < 4.78 is 27.2. The van der Waals surface area contributed by atoms with Gasteiger partial charge in [0, 0.05) is 23.1 Å². The Hall–Kier alpha value is 0.106. The second-order valence-corrected chi connectivity index (χ2v) is 2.68. The van der Waals surface area contributed by atoms with Gasteiger partial charge < -0.3 is 10.2 Å². The van der Waals surface area contributed by atoms with Gasteiger partial charge in [-0.05, 0) is 0 Å². The third-order valence-electron chi connectivity index (χ3n) is 0.493. The van der Waals surface area contributed by atoms with Gasteiger partial charge in [0.2, 0.25) is 0 Å². The van der Waals surface area contributed by atoms with E-state index in [-0.39, 0.29) is 23.1 Å². The molecule has 0 rings (SSSR count). The fraction of sp³-hybridized carbons (Fsp3) is 0.500. The minimum Gasteiger partial charge on any atom is -0.478 e. The molecular formula is C2H4MgO6S. The number of hydrogen-bond acceptors (Lipinski definition) is 4. The van der Waals surface area contributed by atoms with Crippen LogP contribution in [0, 0.1) is 0 Å². The smallest absolute Gasteiger partial charge is 0.351 e. The van der Waals surface area contributed by atoms with Crippen molar-refractivity contribution < 1.29 is 28.0 Å². The molecule has 0 aromatic heterocycles. The van der Waals surface area contributed by atoms with Crippen LogP contribution in [0.4, 0.5) is 0 Å². The zero-order chi connectivity index (χ0) is 7.65. The number of hydrogen-bond donors (Lipinski definition) is 3. The molecule has 0 saturated carbocycles. The quantitative estimate of drug-likeness (QED) is 0.331. The number of carboxylic acids is 1. The number of carbonyl (C=O) groups is 1.